The molecule has 2 rings (SSSR count). The van der Waals surface area contributed by atoms with Crippen molar-refractivity contribution >= 4 is 35.6 Å². The second-order valence-electron chi connectivity index (χ2n) is 7.67. The van der Waals surface area contributed by atoms with Gasteiger partial charge in [0.15, 0.2) is 18.1 Å². The minimum Gasteiger partial charge on any atom is -0.493 e. The minimum atomic E-state index is -0.774. The molecule has 10 heteroatoms. The second kappa shape index (κ2) is 13.2. The number of hydrogen-bond acceptors (Lipinski definition) is 7. The van der Waals surface area contributed by atoms with Crippen molar-refractivity contribution in [2.24, 2.45) is 11.0 Å². The SMILES string of the molecule is COC(=O)COc1ccc(C=NNC(=O)C(CC(C)C)NC(=O)c2ccc(Cl)cc2)cc1OC. The topological polar surface area (TPSA) is 115 Å². The first-order valence-electron chi connectivity index (χ1n) is 10.5. The molecule has 2 amide bonds. The molecule has 2 aromatic rings. The molecule has 0 aromatic heterocycles. The van der Waals surface area contributed by atoms with Crippen LogP contribution in [0.25, 0.3) is 0 Å². The summed E-state index contributed by atoms with van der Waals surface area (Å²) >= 11 is 5.87. The maximum Gasteiger partial charge on any atom is 0.343 e. The zero-order valence-electron chi connectivity index (χ0n) is 19.5. The van der Waals surface area contributed by atoms with Crippen molar-refractivity contribution in [2.45, 2.75) is 26.3 Å². The molecular formula is C24H28ClN3O6. The van der Waals surface area contributed by atoms with E-state index < -0.39 is 17.9 Å². The second-order valence-corrected chi connectivity index (χ2v) is 8.11. The number of hydrazone groups is 1. The fourth-order valence-electron chi connectivity index (χ4n) is 2.87. The van der Waals surface area contributed by atoms with Gasteiger partial charge in [0, 0.05) is 10.6 Å². The van der Waals surface area contributed by atoms with Gasteiger partial charge in [-0.3, -0.25) is 9.59 Å². The van der Waals surface area contributed by atoms with Crippen molar-refractivity contribution in [3.63, 3.8) is 0 Å². The maximum atomic E-state index is 12.7. The maximum absolute atomic E-state index is 12.7. The van der Waals surface area contributed by atoms with Gasteiger partial charge in [-0.25, -0.2) is 10.2 Å². The predicted octanol–water partition coefficient (Wildman–Crippen LogP) is 3.20. The van der Waals surface area contributed by atoms with Gasteiger partial charge in [0.05, 0.1) is 20.4 Å². The number of halogens is 1. The van der Waals surface area contributed by atoms with E-state index in [0.29, 0.717) is 34.1 Å². The van der Waals surface area contributed by atoms with Crippen LogP contribution in [0.2, 0.25) is 5.02 Å². The van der Waals surface area contributed by atoms with Crippen molar-refractivity contribution in [3.05, 3.63) is 58.6 Å². The van der Waals surface area contributed by atoms with Crippen molar-refractivity contribution in [1.82, 2.24) is 10.7 Å². The highest BCUT2D eigenvalue weighted by Gasteiger charge is 2.22. The lowest BCUT2D eigenvalue weighted by atomic mass is 10.0. The third kappa shape index (κ3) is 8.40. The highest BCUT2D eigenvalue weighted by Crippen LogP contribution is 2.27. The normalized spacial score (nSPS) is 11.7. The summed E-state index contributed by atoms with van der Waals surface area (Å²) in [5.74, 6) is -0.448. The van der Waals surface area contributed by atoms with Crippen LogP contribution < -0.4 is 20.2 Å². The summed E-state index contributed by atoms with van der Waals surface area (Å²) in [7, 11) is 2.73. The highest BCUT2D eigenvalue weighted by molar-refractivity contribution is 6.30. The molecular weight excluding hydrogens is 462 g/mol. The smallest absolute Gasteiger partial charge is 0.343 e. The molecule has 0 saturated heterocycles. The van der Waals surface area contributed by atoms with Crippen LogP contribution in [0.4, 0.5) is 0 Å². The number of esters is 1. The molecule has 0 fully saturated rings. The standard InChI is InChI=1S/C24H28ClN3O6/c1-15(2)11-19(27-23(30)17-6-8-18(25)9-7-17)24(31)28-26-13-16-5-10-20(21(12-16)32-3)34-14-22(29)33-4/h5-10,12-13,15,19H,11,14H2,1-4H3,(H,27,30)(H,28,31). The molecule has 182 valence electrons. The Morgan fingerprint density at radius 2 is 1.76 bits per heavy atom. The molecule has 1 unspecified atom stereocenters. The Labute approximate surface area is 203 Å². The van der Waals surface area contributed by atoms with Gasteiger partial charge in [0.2, 0.25) is 0 Å². The predicted molar refractivity (Wildman–Crippen MR) is 128 cm³/mol. The Morgan fingerprint density at radius 1 is 1.06 bits per heavy atom. The monoisotopic (exact) mass is 489 g/mol. The van der Waals surface area contributed by atoms with Crippen LogP contribution in [-0.2, 0) is 14.3 Å². The average molecular weight is 490 g/mol. The van der Waals surface area contributed by atoms with E-state index in [4.69, 9.17) is 21.1 Å². The number of hydrogen-bond donors (Lipinski definition) is 2. The van der Waals surface area contributed by atoms with Crippen LogP contribution in [0, 0.1) is 5.92 Å². The molecule has 34 heavy (non-hydrogen) atoms. The molecule has 0 heterocycles. The largest absolute Gasteiger partial charge is 0.493 e. The summed E-state index contributed by atoms with van der Waals surface area (Å²) in [6, 6.07) is 10.5. The first-order valence-corrected chi connectivity index (χ1v) is 10.9. The molecule has 0 saturated carbocycles. The van der Waals surface area contributed by atoms with Gasteiger partial charge in [-0.05, 0) is 60.4 Å². The average Bonchev–Trinajstić information content (AvgIpc) is 2.82. The van der Waals surface area contributed by atoms with E-state index in [1.54, 1.807) is 42.5 Å². The summed E-state index contributed by atoms with van der Waals surface area (Å²) in [6.07, 6.45) is 1.86. The number of carbonyl (C=O) groups is 3. The highest BCUT2D eigenvalue weighted by atomic mass is 35.5. The molecule has 9 nitrogen and oxygen atoms in total. The number of rotatable bonds is 11. The molecule has 0 aliphatic rings. The lowest BCUT2D eigenvalue weighted by molar-refractivity contribution is -0.142. The lowest BCUT2D eigenvalue weighted by Crippen LogP contribution is -2.46. The third-order valence-corrected chi connectivity index (χ3v) is 4.84. The molecule has 0 spiro atoms. The van der Waals surface area contributed by atoms with Crippen molar-refractivity contribution < 1.29 is 28.6 Å². The summed E-state index contributed by atoms with van der Waals surface area (Å²) in [5, 5.41) is 7.25. The number of carbonyl (C=O) groups excluding carboxylic acids is 3. The molecule has 1 atom stereocenters. The Kier molecular flexibility index (Phi) is 10.3. The Balaban J connectivity index is 2.03. The zero-order chi connectivity index (χ0) is 25.1. The van der Waals surface area contributed by atoms with E-state index >= 15 is 0 Å². The number of methoxy groups -OCH3 is 2. The van der Waals surface area contributed by atoms with Gasteiger partial charge < -0.3 is 19.5 Å². The minimum absolute atomic E-state index is 0.159. The lowest BCUT2D eigenvalue weighted by Gasteiger charge is -2.19. The molecule has 0 aliphatic heterocycles. The first kappa shape index (κ1) is 26.7. The third-order valence-electron chi connectivity index (χ3n) is 4.58. The van der Waals surface area contributed by atoms with Crippen molar-refractivity contribution in [1.29, 1.82) is 0 Å². The van der Waals surface area contributed by atoms with E-state index in [2.05, 4.69) is 20.6 Å². The van der Waals surface area contributed by atoms with Crippen LogP contribution >= 0.6 is 11.6 Å². The molecule has 0 bridgehead atoms. The number of nitrogens with one attached hydrogen (secondary N) is 2. The summed E-state index contributed by atoms with van der Waals surface area (Å²) in [4.78, 5) is 36.5. The van der Waals surface area contributed by atoms with Gasteiger partial charge in [0.25, 0.3) is 11.8 Å². The van der Waals surface area contributed by atoms with Crippen LogP contribution in [-0.4, -0.2) is 50.9 Å². The summed E-state index contributed by atoms with van der Waals surface area (Å²) in [5.41, 5.74) is 3.48. The number of ether oxygens (including phenoxy) is 3. The Bertz CT molecular complexity index is 1020. The van der Waals surface area contributed by atoms with Gasteiger partial charge in [-0.1, -0.05) is 25.4 Å². The van der Waals surface area contributed by atoms with Gasteiger partial charge in [-0.2, -0.15) is 5.10 Å². The van der Waals surface area contributed by atoms with Crippen LogP contribution in [0.3, 0.4) is 0 Å². The van der Waals surface area contributed by atoms with Crippen LogP contribution in [0.5, 0.6) is 11.5 Å². The van der Waals surface area contributed by atoms with Gasteiger partial charge >= 0.3 is 5.97 Å². The van der Waals surface area contributed by atoms with E-state index in [0.717, 1.165) is 0 Å². The Hall–Kier alpha value is -3.59. The van der Waals surface area contributed by atoms with Gasteiger partial charge in [0.1, 0.15) is 6.04 Å². The summed E-state index contributed by atoms with van der Waals surface area (Å²) in [6.45, 7) is 3.65. The molecule has 0 aliphatic carbocycles. The fourth-order valence-corrected chi connectivity index (χ4v) is 3.00. The number of amides is 2. The van der Waals surface area contributed by atoms with E-state index in [9.17, 15) is 14.4 Å². The fraction of sp³-hybridized carbons (Fsp3) is 0.333. The van der Waals surface area contributed by atoms with E-state index in [1.807, 2.05) is 13.8 Å². The van der Waals surface area contributed by atoms with Gasteiger partial charge in [-0.15, -0.1) is 0 Å². The first-order chi connectivity index (χ1) is 16.2. The zero-order valence-corrected chi connectivity index (χ0v) is 20.2. The van der Waals surface area contributed by atoms with Crippen molar-refractivity contribution in [2.75, 3.05) is 20.8 Å². The summed E-state index contributed by atoms with van der Waals surface area (Å²) < 4.78 is 15.2. The van der Waals surface area contributed by atoms with Crippen LogP contribution in [0.1, 0.15) is 36.2 Å². The molecule has 2 aromatic carbocycles. The van der Waals surface area contributed by atoms with Crippen molar-refractivity contribution in [3.8, 4) is 11.5 Å². The number of benzene rings is 2. The quantitative estimate of drug-likeness (QED) is 0.284. The molecule has 0 radical (unpaired) electrons. The number of nitrogens with zero attached hydrogens (tertiary/aromatic N) is 1. The van der Waals surface area contributed by atoms with E-state index in [-0.39, 0.29) is 18.4 Å². The van der Waals surface area contributed by atoms with Crippen LogP contribution in [0.15, 0.2) is 47.6 Å². The van der Waals surface area contributed by atoms with E-state index in [1.165, 1.54) is 20.4 Å². The Morgan fingerprint density at radius 3 is 2.38 bits per heavy atom. The molecule has 2 N–H and O–H groups in total.